The fourth-order valence-electron chi connectivity index (χ4n) is 4.29. The molecule has 0 aliphatic carbocycles. The zero-order valence-corrected chi connectivity index (χ0v) is 21.7. The standard InChI is InChI=1S/C29H19F2N5O3S/c1-38-19-10-7-16(8-11-19)23-14-21(20-12-9-17(30)13-22(20)31)25-26(32)27(40-29(25)33-23)28(37)34-24-15-36(35-39-24)18-5-3-2-4-6-18/h2-15H,1H3,(H2-,32,34,35,37)/p+1. The number of para-hydroxylation sites is 1. The summed E-state index contributed by atoms with van der Waals surface area (Å²) in [5.74, 6) is -1.26. The van der Waals surface area contributed by atoms with Gasteiger partial charge in [0.1, 0.15) is 27.1 Å². The minimum Gasteiger partial charge on any atom is -0.497 e. The number of hydrogen-bond donors (Lipinski definition) is 2. The smallest absolute Gasteiger partial charge is 0.303 e. The maximum Gasteiger partial charge on any atom is 0.303 e. The molecule has 0 saturated carbocycles. The molecule has 198 valence electrons. The summed E-state index contributed by atoms with van der Waals surface area (Å²) in [5, 5.41) is 6.98. The van der Waals surface area contributed by atoms with Crippen molar-refractivity contribution in [2.75, 3.05) is 18.2 Å². The number of nitrogens with zero attached hydrogens (tertiary/aromatic N) is 3. The average Bonchev–Trinajstić information content (AvgIpc) is 3.57. The Morgan fingerprint density at radius 3 is 2.52 bits per heavy atom. The van der Waals surface area contributed by atoms with Gasteiger partial charge < -0.3 is 10.5 Å². The number of methoxy groups -OCH3 is 1. The van der Waals surface area contributed by atoms with E-state index in [0.29, 0.717) is 27.2 Å². The van der Waals surface area contributed by atoms with E-state index < -0.39 is 17.5 Å². The van der Waals surface area contributed by atoms with Crippen LogP contribution in [0.1, 0.15) is 9.67 Å². The summed E-state index contributed by atoms with van der Waals surface area (Å²) in [6.45, 7) is 0. The molecule has 0 spiro atoms. The van der Waals surface area contributed by atoms with E-state index >= 15 is 4.39 Å². The fraction of sp³-hybridized carbons (Fsp3) is 0.0345. The third kappa shape index (κ3) is 4.63. The van der Waals surface area contributed by atoms with Crippen molar-refractivity contribution >= 4 is 39.0 Å². The summed E-state index contributed by atoms with van der Waals surface area (Å²) < 4.78 is 40.7. The Hall–Kier alpha value is -5.16. The van der Waals surface area contributed by atoms with E-state index in [4.69, 9.17) is 20.0 Å². The van der Waals surface area contributed by atoms with Crippen LogP contribution in [0, 0.1) is 11.6 Å². The first kappa shape index (κ1) is 25.1. The second-order valence-corrected chi connectivity index (χ2v) is 9.73. The van der Waals surface area contributed by atoms with Gasteiger partial charge in [0.15, 0.2) is 0 Å². The molecule has 0 unspecified atom stereocenters. The molecule has 0 radical (unpaired) electrons. The molecule has 6 aromatic rings. The molecule has 8 nitrogen and oxygen atoms in total. The lowest BCUT2D eigenvalue weighted by molar-refractivity contribution is -0.670. The Morgan fingerprint density at radius 2 is 1.80 bits per heavy atom. The molecule has 0 atom stereocenters. The highest BCUT2D eigenvalue weighted by Gasteiger charge is 2.25. The number of amides is 1. The fourth-order valence-corrected chi connectivity index (χ4v) is 5.31. The van der Waals surface area contributed by atoms with Crippen LogP contribution in [-0.4, -0.2) is 23.3 Å². The molecule has 0 fully saturated rings. The topological polar surface area (TPSA) is 107 Å². The van der Waals surface area contributed by atoms with Crippen LogP contribution in [0.2, 0.25) is 0 Å². The van der Waals surface area contributed by atoms with Gasteiger partial charge in [0, 0.05) is 34.7 Å². The minimum atomic E-state index is -0.767. The number of benzene rings is 3. The summed E-state index contributed by atoms with van der Waals surface area (Å²) in [5.41, 5.74) is 9.09. The lowest BCUT2D eigenvalue weighted by Gasteiger charge is -2.10. The van der Waals surface area contributed by atoms with Crippen LogP contribution in [0.5, 0.6) is 5.75 Å². The van der Waals surface area contributed by atoms with E-state index in [1.807, 2.05) is 42.5 Å². The number of pyridine rings is 1. The molecule has 3 aromatic carbocycles. The largest absolute Gasteiger partial charge is 0.497 e. The maximum atomic E-state index is 15.0. The number of rotatable bonds is 6. The summed E-state index contributed by atoms with van der Waals surface area (Å²) in [4.78, 5) is 18.6. The first-order valence-electron chi connectivity index (χ1n) is 12.0. The Labute approximate surface area is 230 Å². The number of nitrogens with two attached hydrogens (primary N) is 1. The van der Waals surface area contributed by atoms with E-state index in [9.17, 15) is 9.18 Å². The molecule has 1 amide bonds. The highest BCUT2D eigenvalue weighted by atomic mass is 32.1. The maximum absolute atomic E-state index is 15.0. The number of carbonyl (C=O) groups excluding carboxylic acids is 1. The van der Waals surface area contributed by atoms with Crippen molar-refractivity contribution in [3.8, 4) is 33.8 Å². The van der Waals surface area contributed by atoms with Crippen molar-refractivity contribution in [2.45, 2.75) is 0 Å². The van der Waals surface area contributed by atoms with Crippen molar-refractivity contribution in [2.24, 2.45) is 0 Å². The third-order valence-electron chi connectivity index (χ3n) is 6.24. The number of ether oxygens (including phenoxy) is 1. The highest BCUT2D eigenvalue weighted by molar-refractivity contribution is 7.21. The van der Waals surface area contributed by atoms with Crippen molar-refractivity contribution < 1.29 is 27.5 Å². The van der Waals surface area contributed by atoms with E-state index in [-0.39, 0.29) is 22.0 Å². The SMILES string of the molecule is COc1ccc(-c2cc(-c3ccc(F)cc3F)c3c(N)c(C(=O)Nc4c[n+](-c5ccccc5)no4)sc3n2)cc1. The predicted octanol–water partition coefficient (Wildman–Crippen LogP) is 6.02. The molecular weight excluding hydrogens is 536 g/mol. The summed E-state index contributed by atoms with van der Waals surface area (Å²) >= 11 is 1.05. The third-order valence-corrected chi connectivity index (χ3v) is 7.33. The summed E-state index contributed by atoms with van der Waals surface area (Å²) in [6.07, 6.45) is 1.52. The molecule has 40 heavy (non-hydrogen) atoms. The Bertz CT molecular complexity index is 1870. The first-order valence-corrected chi connectivity index (χ1v) is 12.8. The molecule has 0 aliphatic heterocycles. The van der Waals surface area contributed by atoms with Crippen molar-refractivity contribution in [3.05, 3.63) is 102 Å². The second-order valence-electron chi connectivity index (χ2n) is 8.73. The van der Waals surface area contributed by atoms with Gasteiger partial charge in [-0.2, -0.15) is 0 Å². The zero-order chi connectivity index (χ0) is 27.8. The van der Waals surface area contributed by atoms with Gasteiger partial charge in [-0.05, 0) is 52.7 Å². The van der Waals surface area contributed by atoms with Gasteiger partial charge in [0.05, 0.1) is 18.5 Å². The number of hydrogen-bond acceptors (Lipinski definition) is 7. The quantitative estimate of drug-likeness (QED) is 0.243. The van der Waals surface area contributed by atoms with Gasteiger partial charge in [-0.3, -0.25) is 14.6 Å². The second kappa shape index (κ2) is 10.2. The molecule has 3 N–H and O–H groups in total. The van der Waals surface area contributed by atoms with Crippen molar-refractivity contribution in [1.82, 2.24) is 10.3 Å². The van der Waals surface area contributed by atoms with Crippen LogP contribution in [0.25, 0.3) is 38.3 Å². The van der Waals surface area contributed by atoms with Crippen LogP contribution in [-0.2, 0) is 0 Å². The van der Waals surface area contributed by atoms with Gasteiger partial charge in [0.2, 0.25) is 11.0 Å². The Balaban J connectivity index is 1.44. The number of fused-ring (bicyclic) bond motifs is 1. The normalized spacial score (nSPS) is 11.1. The van der Waals surface area contributed by atoms with Crippen LogP contribution in [0.15, 0.2) is 89.6 Å². The molecular formula is C29H20F2N5O3S+. The molecule has 3 heterocycles. The number of carbonyl (C=O) groups is 1. The molecule has 3 aromatic heterocycles. The Morgan fingerprint density at radius 1 is 1.02 bits per heavy atom. The van der Waals surface area contributed by atoms with Crippen LogP contribution < -0.4 is 20.5 Å². The predicted molar refractivity (Wildman–Crippen MR) is 147 cm³/mol. The lowest BCUT2D eigenvalue weighted by atomic mass is 9.99. The van der Waals surface area contributed by atoms with Gasteiger partial charge in [0.25, 0.3) is 12.1 Å². The van der Waals surface area contributed by atoms with Gasteiger partial charge >= 0.3 is 5.88 Å². The van der Waals surface area contributed by atoms with Gasteiger partial charge in [-0.25, -0.2) is 13.8 Å². The van der Waals surface area contributed by atoms with E-state index in [1.165, 1.54) is 23.0 Å². The number of nitrogen functional groups attached to an aromatic ring is 1. The van der Waals surface area contributed by atoms with E-state index in [2.05, 4.69) is 10.6 Å². The number of aromatic nitrogens is 3. The Kier molecular flexibility index (Phi) is 6.40. The molecule has 0 saturated heterocycles. The molecule has 0 aliphatic rings. The summed E-state index contributed by atoms with van der Waals surface area (Å²) in [6, 6.07) is 21.4. The first-order chi connectivity index (χ1) is 19.4. The van der Waals surface area contributed by atoms with Crippen LogP contribution in [0.4, 0.5) is 20.4 Å². The number of nitrogens with one attached hydrogen (secondary N) is 1. The number of thiophene rings is 1. The van der Waals surface area contributed by atoms with Gasteiger partial charge in [-0.15, -0.1) is 11.3 Å². The molecule has 11 heteroatoms. The van der Waals surface area contributed by atoms with E-state index in [0.717, 1.165) is 28.7 Å². The highest BCUT2D eigenvalue weighted by Crippen LogP contribution is 2.42. The minimum absolute atomic E-state index is 0.0994. The summed E-state index contributed by atoms with van der Waals surface area (Å²) in [7, 11) is 1.57. The van der Waals surface area contributed by atoms with Crippen molar-refractivity contribution in [3.63, 3.8) is 0 Å². The molecule has 6 rings (SSSR count). The number of halogens is 2. The van der Waals surface area contributed by atoms with Crippen LogP contribution >= 0.6 is 11.3 Å². The van der Waals surface area contributed by atoms with Gasteiger partial charge in [-0.1, -0.05) is 18.2 Å². The number of anilines is 2. The monoisotopic (exact) mass is 556 g/mol. The van der Waals surface area contributed by atoms with E-state index in [1.54, 1.807) is 25.3 Å². The molecule has 0 bridgehead atoms. The van der Waals surface area contributed by atoms with Crippen LogP contribution in [0.3, 0.4) is 0 Å². The average molecular weight is 557 g/mol. The zero-order valence-electron chi connectivity index (χ0n) is 20.9. The lowest BCUT2D eigenvalue weighted by Crippen LogP contribution is -2.31. The van der Waals surface area contributed by atoms with Crippen molar-refractivity contribution in [1.29, 1.82) is 0 Å².